The molecule has 0 saturated heterocycles. The van der Waals surface area contributed by atoms with Crippen molar-refractivity contribution in [3.8, 4) is 11.1 Å². The molecule has 2 aromatic rings. The van der Waals surface area contributed by atoms with Gasteiger partial charge < -0.3 is 5.32 Å². The third-order valence-electron chi connectivity index (χ3n) is 3.53. The molecule has 2 heteroatoms. The van der Waals surface area contributed by atoms with E-state index in [0.29, 0.717) is 5.56 Å². The molecule has 0 fully saturated rings. The maximum absolute atomic E-state index is 13.4. The second kappa shape index (κ2) is 6.67. The van der Waals surface area contributed by atoms with Gasteiger partial charge in [-0.2, -0.15) is 0 Å². The SMILES string of the molecule is CCCNCc1ccc(C)c(-c2ccc(F)c(C)c2)c1. The Kier molecular flexibility index (Phi) is 4.91. The largest absolute Gasteiger partial charge is 0.313 e. The van der Waals surface area contributed by atoms with Crippen LogP contribution in [0.25, 0.3) is 11.1 Å². The molecule has 0 spiro atoms. The van der Waals surface area contributed by atoms with Gasteiger partial charge in [0.05, 0.1) is 0 Å². The summed E-state index contributed by atoms with van der Waals surface area (Å²) in [5, 5.41) is 3.41. The van der Waals surface area contributed by atoms with Crippen molar-refractivity contribution in [3.05, 3.63) is 58.9 Å². The van der Waals surface area contributed by atoms with Crippen LogP contribution in [0.1, 0.15) is 30.0 Å². The lowest BCUT2D eigenvalue weighted by Crippen LogP contribution is -2.13. The van der Waals surface area contributed by atoms with E-state index in [1.165, 1.54) is 16.7 Å². The van der Waals surface area contributed by atoms with Crippen molar-refractivity contribution < 1.29 is 4.39 Å². The molecule has 0 amide bonds. The Balaban J connectivity index is 2.29. The average molecular weight is 271 g/mol. The summed E-state index contributed by atoms with van der Waals surface area (Å²) in [5.41, 5.74) is 5.44. The molecule has 1 N–H and O–H groups in total. The summed E-state index contributed by atoms with van der Waals surface area (Å²) in [5.74, 6) is -0.146. The van der Waals surface area contributed by atoms with Crippen LogP contribution >= 0.6 is 0 Å². The molecule has 0 unspecified atom stereocenters. The maximum atomic E-state index is 13.4. The third kappa shape index (κ3) is 3.45. The highest BCUT2D eigenvalue weighted by Crippen LogP contribution is 2.26. The number of halogens is 1. The van der Waals surface area contributed by atoms with E-state index in [1.54, 1.807) is 13.0 Å². The van der Waals surface area contributed by atoms with Crippen LogP contribution in [0.5, 0.6) is 0 Å². The van der Waals surface area contributed by atoms with E-state index in [-0.39, 0.29) is 5.82 Å². The van der Waals surface area contributed by atoms with Crippen LogP contribution in [-0.4, -0.2) is 6.54 Å². The standard InChI is InChI=1S/C18H22FN/c1-4-9-20-12-15-6-5-13(2)17(11-15)16-7-8-18(19)14(3)10-16/h5-8,10-11,20H,4,9,12H2,1-3H3. The fourth-order valence-electron chi connectivity index (χ4n) is 2.31. The Bertz CT molecular complexity index is 590. The van der Waals surface area contributed by atoms with E-state index < -0.39 is 0 Å². The van der Waals surface area contributed by atoms with E-state index in [0.717, 1.165) is 25.1 Å². The molecule has 0 atom stereocenters. The van der Waals surface area contributed by atoms with E-state index in [2.05, 4.69) is 37.4 Å². The first-order valence-electron chi connectivity index (χ1n) is 7.18. The zero-order valence-electron chi connectivity index (χ0n) is 12.5. The normalized spacial score (nSPS) is 10.8. The maximum Gasteiger partial charge on any atom is 0.126 e. The fourth-order valence-corrected chi connectivity index (χ4v) is 2.31. The molecule has 0 aromatic heterocycles. The first-order valence-corrected chi connectivity index (χ1v) is 7.18. The first-order chi connectivity index (χ1) is 9.61. The number of hydrogen-bond acceptors (Lipinski definition) is 1. The van der Waals surface area contributed by atoms with Crippen LogP contribution in [0.15, 0.2) is 36.4 Å². The minimum Gasteiger partial charge on any atom is -0.313 e. The Morgan fingerprint density at radius 3 is 2.50 bits per heavy atom. The summed E-state index contributed by atoms with van der Waals surface area (Å²) in [7, 11) is 0. The second-order valence-electron chi connectivity index (χ2n) is 5.29. The van der Waals surface area contributed by atoms with Crippen molar-refractivity contribution >= 4 is 0 Å². The van der Waals surface area contributed by atoms with Gasteiger partial charge in [0.2, 0.25) is 0 Å². The molecule has 0 radical (unpaired) electrons. The molecule has 0 aliphatic carbocycles. The molecule has 0 aliphatic heterocycles. The lowest BCUT2D eigenvalue weighted by molar-refractivity contribution is 0.619. The number of hydrogen-bond donors (Lipinski definition) is 1. The van der Waals surface area contributed by atoms with Crippen LogP contribution in [0.4, 0.5) is 4.39 Å². The molecule has 1 nitrogen and oxygen atoms in total. The van der Waals surface area contributed by atoms with Crippen molar-refractivity contribution in [1.29, 1.82) is 0 Å². The van der Waals surface area contributed by atoms with Gasteiger partial charge in [0.1, 0.15) is 5.82 Å². The zero-order valence-corrected chi connectivity index (χ0v) is 12.5. The van der Waals surface area contributed by atoms with E-state index in [9.17, 15) is 4.39 Å². The molecule has 106 valence electrons. The minimum absolute atomic E-state index is 0.146. The number of nitrogens with one attached hydrogen (secondary N) is 1. The molecule has 0 saturated carbocycles. The monoisotopic (exact) mass is 271 g/mol. The van der Waals surface area contributed by atoms with Crippen LogP contribution < -0.4 is 5.32 Å². The third-order valence-corrected chi connectivity index (χ3v) is 3.53. The van der Waals surface area contributed by atoms with Crippen LogP contribution in [-0.2, 0) is 6.54 Å². The van der Waals surface area contributed by atoms with Gasteiger partial charge in [0, 0.05) is 6.54 Å². The van der Waals surface area contributed by atoms with Gasteiger partial charge in [-0.05, 0) is 72.8 Å². The van der Waals surface area contributed by atoms with Crippen LogP contribution in [0, 0.1) is 19.7 Å². The van der Waals surface area contributed by atoms with Gasteiger partial charge in [-0.25, -0.2) is 4.39 Å². The van der Waals surface area contributed by atoms with Gasteiger partial charge in [0.25, 0.3) is 0 Å². The summed E-state index contributed by atoms with van der Waals surface area (Å²) in [6.07, 6.45) is 1.13. The summed E-state index contributed by atoms with van der Waals surface area (Å²) in [6, 6.07) is 11.8. The Morgan fingerprint density at radius 2 is 1.80 bits per heavy atom. The molecular formula is C18H22FN. The van der Waals surface area contributed by atoms with Crippen molar-refractivity contribution in [1.82, 2.24) is 5.32 Å². The highest BCUT2D eigenvalue weighted by Gasteiger charge is 2.06. The minimum atomic E-state index is -0.146. The Morgan fingerprint density at radius 1 is 1.00 bits per heavy atom. The molecule has 0 bridgehead atoms. The average Bonchev–Trinajstić information content (AvgIpc) is 2.44. The van der Waals surface area contributed by atoms with Crippen molar-refractivity contribution in [3.63, 3.8) is 0 Å². The lowest BCUT2D eigenvalue weighted by Gasteiger charge is -2.11. The van der Waals surface area contributed by atoms with E-state index in [1.807, 2.05) is 12.1 Å². The van der Waals surface area contributed by atoms with Crippen molar-refractivity contribution in [2.75, 3.05) is 6.54 Å². The lowest BCUT2D eigenvalue weighted by atomic mass is 9.97. The van der Waals surface area contributed by atoms with Gasteiger partial charge in [0.15, 0.2) is 0 Å². The molecule has 20 heavy (non-hydrogen) atoms. The molecule has 0 heterocycles. The summed E-state index contributed by atoms with van der Waals surface area (Å²) in [4.78, 5) is 0. The molecular weight excluding hydrogens is 249 g/mol. The van der Waals surface area contributed by atoms with Gasteiger partial charge >= 0.3 is 0 Å². The summed E-state index contributed by atoms with van der Waals surface area (Å²) in [6.45, 7) is 7.97. The first kappa shape index (κ1) is 14.7. The predicted octanol–water partition coefficient (Wildman–Crippen LogP) is 4.61. The molecule has 0 aliphatic rings. The highest BCUT2D eigenvalue weighted by atomic mass is 19.1. The van der Waals surface area contributed by atoms with E-state index >= 15 is 0 Å². The Hall–Kier alpha value is -1.67. The number of benzene rings is 2. The quantitative estimate of drug-likeness (QED) is 0.783. The van der Waals surface area contributed by atoms with Crippen LogP contribution in [0.3, 0.4) is 0 Å². The zero-order chi connectivity index (χ0) is 14.5. The van der Waals surface area contributed by atoms with Crippen molar-refractivity contribution in [2.24, 2.45) is 0 Å². The smallest absolute Gasteiger partial charge is 0.126 e. The van der Waals surface area contributed by atoms with Gasteiger partial charge in [-0.3, -0.25) is 0 Å². The number of aryl methyl sites for hydroxylation is 2. The van der Waals surface area contributed by atoms with Gasteiger partial charge in [-0.1, -0.05) is 25.1 Å². The fraction of sp³-hybridized carbons (Fsp3) is 0.333. The van der Waals surface area contributed by atoms with E-state index in [4.69, 9.17) is 0 Å². The summed E-state index contributed by atoms with van der Waals surface area (Å²) >= 11 is 0. The van der Waals surface area contributed by atoms with Crippen molar-refractivity contribution in [2.45, 2.75) is 33.7 Å². The molecule has 2 rings (SSSR count). The number of rotatable bonds is 5. The highest BCUT2D eigenvalue weighted by molar-refractivity contribution is 5.68. The predicted molar refractivity (Wildman–Crippen MR) is 83.3 cm³/mol. The topological polar surface area (TPSA) is 12.0 Å². The van der Waals surface area contributed by atoms with Crippen LogP contribution in [0.2, 0.25) is 0 Å². The second-order valence-corrected chi connectivity index (χ2v) is 5.29. The van der Waals surface area contributed by atoms with Gasteiger partial charge in [-0.15, -0.1) is 0 Å². The summed E-state index contributed by atoms with van der Waals surface area (Å²) < 4.78 is 13.4. The Labute approximate surface area is 120 Å². The molecule has 2 aromatic carbocycles.